The van der Waals surface area contributed by atoms with Gasteiger partial charge in [-0.25, -0.2) is 24.0 Å². The number of nitrogens with one attached hydrogen (secondary N) is 6. The molecule has 460 valence electrons. The quantitative estimate of drug-likeness (QED) is 0.0412. The molecule has 2 aliphatic heterocycles. The van der Waals surface area contributed by atoms with Gasteiger partial charge in [0.15, 0.2) is 18.7 Å². The summed E-state index contributed by atoms with van der Waals surface area (Å²) in [5.74, 6) is -3.50. The van der Waals surface area contributed by atoms with Crippen molar-refractivity contribution in [3.05, 3.63) is 10.1 Å². The minimum atomic E-state index is -2.01. The summed E-state index contributed by atoms with van der Waals surface area (Å²) in [7, 11) is 0. The summed E-state index contributed by atoms with van der Waals surface area (Å²) < 4.78 is 59.2. The number of nitrogens with zero attached hydrogens (tertiary/aromatic N) is 1. The van der Waals surface area contributed by atoms with Crippen molar-refractivity contribution in [2.75, 3.05) is 19.6 Å². The molecule has 80 heavy (non-hydrogen) atoms. The predicted octanol–water partition coefficient (Wildman–Crippen LogP) is 4.20. The second-order valence-electron chi connectivity index (χ2n) is 25.4. The van der Waals surface area contributed by atoms with Crippen LogP contribution in [0.5, 0.6) is 0 Å². The molecule has 7 unspecified atom stereocenters. The van der Waals surface area contributed by atoms with Gasteiger partial charge in [-0.05, 0) is 130 Å². The number of ether oxygens (including phenoxy) is 10. The highest BCUT2D eigenvalue weighted by atomic mass is 16.7. The van der Waals surface area contributed by atoms with E-state index in [9.17, 15) is 53.9 Å². The van der Waals surface area contributed by atoms with Gasteiger partial charge in [0.2, 0.25) is 12.5 Å². The van der Waals surface area contributed by atoms with Crippen molar-refractivity contribution in [1.82, 2.24) is 31.9 Å². The van der Waals surface area contributed by atoms with Crippen LogP contribution in [-0.2, 0) is 57.0 Å². The predicted molar refractivity (Wildman–Crippen MR) is 283 cm³/mol. The Morgan fingerprint density at radius 1 is 0.625 bits per heavy atom. The molecule has 15 atom stereocenters. The molecule has 1 saturated carbocycles. The average Bonchev–Trinajstić information content (AvgIpc) is 3.24. The number of carbonyl (C=O) groups is 7. The molecular weight excluding hydrogens is 1060 g/mol. The number of carbonyl (C=O) groups excluding carboxylic acids is 7. The van der Waals surface area contributed by atoms with Crippen LogP contribution in [0.25, 0.3) is 0 Å². The standard InChI is InChI=1S/C52H91N7O21/c1-26(21-22-53-43(64)76-48(4,5)6)40(63)55-31-23-32(57-46(67)79-51(13,14)15)37(74-42-30(56-45(66)78-50(10,11)12)20-19-29(72-42)24-54-44(65)77-49(7,8)9)35(62)36(31)73-41-27(2)34(58-47(68)80-52(16,17)18)39(71-28(3)60)38(75-41)33(61)25-59(69)70/h26-27,29-39,41-42,61-62H,19-25H2,1-18H3,(H,53,64)(H,54,65)(H,55,63)(H,56,66)(H,57,67)(H,58,68)/t26-,27?,29?,30?,31+,32-,33?,34+,35?,36-,37?,38?,39-,41-,42+/m0/s1. The highest BCUT2D eigenvalue weighted by Gasteiger charge is 2.55. The number of rotatable bonds is 18. The van der Waals surface area contributed by atoms with Gasteiger partial charge < -0.3 is 89.5 Å². The first-order chi connectivity index (χ1) is 36.5. The molecule has 0 spiro atoms. The monoisotopic (exact) mass is 1150 g/mol. The maximum Gasteiger partial charge on any atom is 0.408 e. The Bertz CT molecular complexity index is 2120. The summed E-state index contributed by atoms with van der Waals surface area (Å²) in [5.41, 5.74) is -4.66. The summed E-state index contributed by atoms with van der Waals surface area (Å²) in [6.45, 7) is 27.6. The van der Waals surface area contributed by atoms with Crippen LogP contribution < -0.4 is 31.9 Å². The van der Waals surface area contributed by atoms with Gasteiger partial charge in [0.05, 0.1) is 30.3 Å². The lowest BCUT2D eigenvalue weighted by molar-refractivity contribution is -0.495. The molecule has 0 aromatic rings. The summed E-state index contributed by atoms with van der Waals surface area (Å²) >= 11 is 0. The lowest BCUT2D eigenvalue weighted by Crippen LogP contribution is -2.70. The molecule has 0 aromatic heterocycles. The van der Waals surface area contributed by atoms with E-state index in [1.54, 1.807) is 111 Å². The molecule has 0 aromatic carbocycles. The zero-order valence-corrected chi connectivity index (χ0v) is 49.7. The van der Waals surface area contributed by atoms with Crippen LogP contribution in [0.4, 0.5) is 24.0 Å². The Balaban J connectivity index is 2.25. The minimum absolute atomic E-state index is 0.000459. The van der Waals surface area contributed by atoms with Crippen LogP contribution in [0, 0.1) is 22.0 Å². The molecule has 28 heteroatoms. The molecule has 28 nitrogen and oxygen atoms in total. The molecule has 3 fully saturated rings. The highest BCUT2D eigenvalue weighted by Crippen LogP contribution is 2.37. The van der Waals surface area contributed by atoms with Crippen molar-refractivity contribution in [3.8, 4) is 0 Å². The Morgan fingerprint density at radius 3 is 1.56 bits per heavy atom. The molecule has 0 bridgehead atoms. The van der Waals surface area contributed by atoms with Crippen LogP contribution in [0.2, 0.25) is 0 Å². The van der Waals surface area contributed by atoms with Gasteiger partial charge in [0.1, 0.15) is 58.5 Å². The second-order valence-corrected chi connectivity index (χ2v) is 25.4. The number of aliphatic hydroxyl groups is 2. The third-order valence-electron chi connectivity index (χ3n) is 12.0. The number of nitro groups is 1. The number of hydrogen-bond acceptors (Lipinski definition) is 21. The fourth-order valence-corrected chi connectivity index (χ4v) is 8.75. The summed E-state index contributed by atoms with van der Waals surface area (Å²) in [6.07, 6.45) is -18.7. The molecular formula is C52H91N7O21. The number of amides is 6. The molecule has 2 heterocycles. The van der Waals surface area contributed by atoms with Crippen molar-refractivity contribution in [2.45, 2.75) is 258 Å². The van der Waals surface area contributed by atoms with Crippen molar-refractivity contribution < 1.29 is 96.1 Å². The van der Waals surface area contributed by atoms with E-state index >= 15 is 0 Å². The van der Waals surface area contributed by atoms with Crippen LogP contribution >= 0.6 is 0 Å². The number of esters is 1. The third kappa shape index (κ3) is 24.3. The zero-order valence-electron chi connectivity index (χ0n) is 49.7. The van der Waals surface area contributed by atoms with Crippen LogP contribution in [-0.4, -0.2) is 185 Å². The van der Waals surface area contributed by atoms with Crippen molar-refractivity contribution in [1.29, 1.82) is 0 Å². The average molecular weight is 1150 g/mol. The fourth-order valence-electron chi connectivity index (χ4n) is 8.75. The van der Waals surface area contributed by atoms with Crippen LogP contribution in [0.15, 0.2) is 0 Å². The van der Waals surface area contributed by atoms with Gasteiger partial charge in [-0.1, -0.05) is 13.8 Å². The van der Waals surface area contributed by atoms with Crippen molar-refractivity contribution >= 4 is 42.3 Å². The van der Waals surface area contributed by atoms with E-state index in [2.05, 4.69) is 31.9 Å². The van der Waals surface area contributed by atoms with E-state index in [1.165, 1.54) is 6.92 Å². The van der Waals surface area contributed by atoms with Gasteiger partial charge in [-0.3, -0.25) is 19.7 Å². The first-order valence-electron chi connectivity index (χ1n) is 27.0. The van der Waals surface area contributed by atoms with Crippen LogP contribution in [0.1, 0.15) is 150 Å². The third-order valence-corrected chi connectivity index (χ3v) is 12.0. The fraction of sp³-hybridized carbons (Fsp3) is 0.865. The van der Waals surface area contributed by atoms with Crippen molar-refractivity contribution in [3.63, 3.8) is 0 Å². The smallest absolute Gasteiger partial charge is 0.408 e. The largest absolute Gasteiger partial charge is 0.457 e. The van der Waals surface area contributed by atoms with E-state index < -0.39 is 173 Å². The van der Waals surface area contributed by atoms with Crippen LogP contribution in [0.3, 0.4) is 0 Å². The Hall–Kier alpha value is -5.55. The zero-order chi connectivity index (χ0) is 61.0. The van der Waals surface area contributed by atoms with E-state index in [1.807, 2.05) is 0 Å². The lowest BCUT2D eigenvalue weighted by atomic mass is 9.82. The van der Waals surface area contributed by atoms with E-state index in [-0.39, 0.29) is 38.8 Å². The highest BCUT2D eigenvalue weighted by molar-refractivity contribution is 5.79. The minimum Gasteiger partial charge on any atom is -0.457 e. The first kappa shape index (κ1) is 68.7. The number of alkyl carbamates (subject to hydrolysis) is 5. The summed E-state index contributed by atoms with van der Waals surface area (Å²) in [4.78, 5) is 104. The first-order valence-corrected chi connectivity index (χ1v) is 27.0. The molecule has 6 amide bonds. The normalized spacial score (nSPS) is 28.3. The second kappa shape index (κ2) is 28.4. The van der Waals surface area contributed by atoms with Gasteiger partial charge in [0, 0.05) is 36.8 Å². The Labute approximate surface area is 468 Å². The maximum atomic E-state index is 14.3. The van der Waals surface area contributed by atoms with E-state index in [0.29, 0.717) is 0 Å². The van der Waals surface area contributed by atoms with Gasteiger partial charge >= 0.3 is 36.4 Å². The molecule has 3 rings (SSSR count). The van der Waals surface area contributed by atoms with Gasteiger partial charge in [0.25, 0.3) is 0 Å². The Kier molecular flexibility index (Phi) is 24.4. The van der Waals surface area contributed by atoms with Crippen molar-refractivity contribution in [2.24, 2.45) is 11.8 Å². The molecule has 8 N–H and O–H groups in total. The van der Waals surface area contributed by atoms with Gasteiger partial charge in [-0.15, -0.1) is 0 Å². The SMILES string of the molecule is CC(=O)O[C@@H]1C(C(O)C[N+](=O)[O-])O[C@H](O[C@@H]2C(O)C(O[C@H]3OC(CNC(=O)OC(C)(C)C)CCC3NC(=O)OC(C)(C)C)[C@@H](NC(=O)OC(C)(C)C)C[C@H]2NC(=O)[C@@H](C)CCNC(=O)OC(C)(C)C)C(C)[C@H]1NC(=O)OC(C)(C)C. The van der Waals surface area contributed by atoms with Gasteiger partial charge in [-0.2, -0.15) is 0 Å². The molecule has 1 aliphatic carbocycles. The lowest BCUT2D eigenvalue weighted by Gasteiger charge is -2.50. The summed E-state index contributed by atoms with van der Waals surface area (Å²) in [5, 5.41) is 52.5. The van der Waals surface area contributed by atoms with E-state index in [0.717, 1.165) is 6.92 Å². The number of aliphatic hydroxyl groups excluding tert-OH is 2. The maximum absolute atomic E-state index is 14.3. The van der Waals surface area contributed by atoms with E-state index in [4.69, 9.17) is 47.4 Å². The topological polar surface area (TPSA) is 368 Å². The molecule has 2 saturated heterocycles. The Morgan fingerprint density at radius 2 is 1.07 bits per heavy atom. The number of hydrogen-bond donors (Lipinski definition) is 8. The molecule has 3 aliphatic rings. The summed E-state index contributed by atoms with van der Waals surface area (Å²) in [6, 6.07) is -4.99. The molecule has 0 radical (unpaired) electrons.